The van der Waals surface area contributed by atoms with Gasteiger partial charge in [0.15, 0.2) is 5.58 Å². The minimum absolute atomic E-state index is 0.0821. The van der Waals surface area contributed by atoms with Crippen LogP contribution in [-0.4, -0.2) is 24.3 Å². The minimum atomic E-state index is 0.0821. The van der Waals surface area contributed by atoms with Gasteiger partial charge in [0.2, 0.25) is 0 Å². The number of allylic oxidation sites excluding steroid dienone is 1. The average molecular weight is 434 g/mol. The molecule has 5 heteroatoms. The predicted octanol–water partition coefficient (Wildman–Crippen LogP) is 6.16. The summed E-state index contributed by atoms with van der Waals surface area (Å²) in [6.45, 7) is 1.39. The SMILES string of the molecule is N#Cc1cc(-c2ccnc3cc(-c4cccc5c4C=CC5)oc23)ccc1OC1CCOCC1. The zero-order valence-corrected chi connectivity index (χ0v) is 18.1. The second kappa shape index (κ2) is 8.23. The molecule has 1 aliphatic heterocycles. The first-order valence-electron chi connectivity index (χ1n) is 11.3. The Morgan fingerprint density at radius 1 is 1.03 bits per heavy atom. The van der Waals surface area contributed by atoms with E-state index in [4.69, 9.17) is 13.9 Å². The van der Waals surface area contributed by atoms with E-state index >= 15 is 0 Å². The van der Waals surface area contributed by atoms with Gasteiger partial charge in [0.05, 0.1) is 18.8 Å². The van der Waals surface area contributed by atoms with E-state index in [0.717, 1.165) is 47.2 Å². The smallest absolute Gasteiger partial charge is 0.161 e. The van der Waals surface area contributed by atoms with E-state index in [9.17, 15) is 5.26 Å². The lowest BCUT2D eigenvalue weighted by Gasteiger charge is -2.23. The molecule has 3 heterocycles. The molecule has 1 aliphatic carbocycles. The van der Waals surface area contributed by atoms with Crippen molar-refractivity contribution in [1.82, 2.24) is 4.98 Å². The summed E-state index contributed by atoms with van der Waals surface area (Å²) in [5.41, 5.74) is 7.42. The summed E-state index contributed by atoms with van der Waals surface area (Å²) in [5.74, 6) is 1.42. The van der Waals surface area contributed by atoms with E-state index in [-0.39, 0.29) is 6.10 Å². The van der Waals surface area contributed by atoms with Crippen molar-refractivity contribution in [3.63, 3.8) is 0 Å². The third-order valence-corrected chi connectivity index (χ3v) is 6.37. The maximum Gasteiger partial charge on any atom is 0.161 e. The molecular formula is C28H22N2O3. The number of pyridine rings is 1. The topological polar surface area (TPSA) is 68.3 Å². The first kappa shape index (κ1) is 19.8. The molecule has 0 N–H and O–H groups in total. The molecule has 2 aliphatic rings. The molecule has 33 heavy (non-hydrogen) atoms. The molecule has 0 spiro atoms. The van der Waals surface area contributed by atoms with Crippen molar-refractivity contribution < 1.29 is 13.9 Å². The summed E-state index contributed by atoms with van der Waals surface area (Å²) in [6, 6.07) is 18.3. The monoisotopic (exact) mass is 434 g/mol. The van der Waals surface area contributed by atoms with Crippen molar-refractivity contribution in [2.24, 2.45) is 0 Å². The lowest BCUT2D eigenvalue weighted by atomic mass is 10.0. The number of ether oxygens (including phenoxy) is 2. The van der Waals surface area contributed by atoms with Crippen LogP contribution in [0.4, 0.5) is 0 Å². The summed E-state index contributed by atoms with van der Waals surface area (Å²) < 4.78 is 17.9. The van der Waals surface area contributed by atoms with Crippen LogP contribution < -0.4 is 4.74 Å². The molecule has 1 saturated heterocycles. The minimum Gasteiger partial charge on any atom is -0.489 e. The summed E-state index contributed by atoms with van der Waals surface area (Å²) in [5, 5.41) is 9.78. The van der Waals surface area contributed by atoms with E-state index in [1.54, 1.807) is 6.20 Å². The second-order valence-electron chi connectivity index (χ2n) is 8.42. The highest BCUT2D eigenvalue weighted by Crippen LogP contribution is 2.38. The summed E-state index contributed by atoms with van der Waals surface area (Å²) >= 11 is 0. The average Bonchev–Trinajstić information content (AvgIpc) is 3.52. The number of nitrogens with zero attached hydrogens (tertiary/aromatic N) is 2. The van der Waals surface area contributed by atoms with Crippen LogP contribution >= 0.6 is 0 Å². The van der Waals surface area contributed by atoms with Crippen molar-refractivity contribution in [2.45, 2.75) is 25.4 Å². The summed E-state index contributed by atoms with van der Waals surface area (Å²) in [4.78, 5) is 4.53. The highest BCUT2D eigenvalue weighted by atomic mass is 16.5. The normalized spacial score (nSPS) is 15.5. The largest absolute Gasteiger partial charge is 0.489 e. The Labute approximate surface area is 191 Å². The maximum atomic E-state index is 9.78. The van der Waals surface area contributed by atoms with Gasteiger partial charge in [0, 0.05) is 36.2 Å². The van der Waals surface area contributed by atoms with Gasteiger partial charge < -0.3 is 13.9 Å². The van der Waals surface area contributed by atoms with Gasteiger partial charge in [-0.1, -0.05) is 36.4 Å². The van der Waals surface area contributed by atoms with Gasteiger partial charge in [-0.3, -0.25) is 4.98 Å². The maximum absolute atomic E-state index is 9.78. The van der Waals surface area contributed by atoms with Crippen LogP contribution in [0.2, 0.25) is 0 Å². The number of hydrogen-bond acceptors (Lipinski definition) is 5. The van der Waals surface area contributed by atoms with Crippen LogP contribution in [0.3, 0.4) is 0 Å². The molecule has 5 nitrogen and oxygen atoms in total. The number of furan rings is 1. The highest BCUT2D eigenvalue weighted by Gasteiger charge is 2.20. The number of nitriles is 1. The van der Waals surface area contributed by atoms with Crippen LogP contribution in [-0.2, 0) is 11.2 Å². The van der Waals surface area contributed by atoms with Gasteiger partial charge in [0.1, 0.15) is 29.2 Å². The molecule has 0 radical (unpaired) electrons. The Kier molecular flexibility index (Phi) is 4.93. The molecule has 162 valence electrons. The zero-order valence-electron chi connectivity index (χ0n) is 18.1. The molecule has 4 aromatic rings. The second-order valence-corrected chi connectivity index (χ2v) is 8.42. The Balaban J connectivity index is 1.39. The molecule has 2 aromatic heterocycles. The third kappa shape index (κ3) is 3.59. The van der Waals surface area contributed by atoms with E-state index in [1.165, 1.54) is 11.1 Å². The van der Waals surface area contributed by atoms with Gasteiger partial charge in [0.25, 0.3) is 0 Å². The first-order chi connectivity index (χ1) is 16.3. The molecule has 0 amide bonds. The van der Waals surface area contributed by atoms with Crippen LogP contribution in [0, 0.1) is 11.3 Å². The molecule has 0 atom stereocenters. The van der Waals surface area contributed by atoms with E-state index in [2.05, 4.69) is 41.4 Å². The number of benzene rings is 2. The summed E-state index contributed by atoms with van der Waals surface area (Å²) in [6.07, 6.45) is 8.82. The lowest BCUT2D eigenvalue weighted by Crippen LogP contribution is -2.26. The van der Waals surface area contributed by atoms with E-state index in [0.29, 0.717) is 30.1 Å². The van der Waals surface area contributed by atoms with Crippen LogP contribution in [0.25, 0.3) is 39.6 Å². The van der Waals surface area contributed by atoms with E-state index in [1.807, 2.05) is 30.3 Å². The molecule has 0 unspecified atom stereocenters. The quantitative estimate of drug-likeness (QED) is 0.385. The van der Waals surface area contributed by atoms with E-state index < -0.39 is 0 Å². The number of aromatic nitrogens is 1. The Bertz CT molecular complexity index is 1420. The molecular weight excluding hydrogens is 412 g/mol. The van der Waals surface area contributed by atoms with Gasteiger partial charge in [-0.25, -0.2) is 0 Å². The van der Waals surface area contributed by atoms with Gasteiger partial charge in [-0.15, -0.1) is 0 Å². The Morgan fingerprint density at radius 2 is 1.94 bits per heavy atom. The molecule has 6 rings (SSSR count). The molecule has 0 saturated carbocycles. The van der Waals surface area contributed by atoms with Gasteiger partial charge in [-0.2, -0.15) is 5.26 Å². The number of hydrogen-bond donors (Lipinski definition) is 0. The summed E-state index contributed by atoms with van der Waals surface area (Å²) in [7, 11) is 0. The van der Waals surface area contributed by atoms with Gasteiger partial charge in [-0.05, 0) is 41.3 Å². The number of rotatable bonds is 4. The third-order valence-electron chi connectivity index (χ3n) is 6.37. The zero-order chi connectivity index (χ0) is 22.2. The first-order valence-corrected chi connectivity index (χ1v) is 11.3. The fraction of sp³-hybridized carbons (Fsp3) is 0.214. The van der Waals surface area contributed by atoms with Crippen molar-refractivity contribution in [3.8, 4) is 34.3 Å². The van der Waals surface area contributed by atoms with Crippen molar-refractivity contribution >= 4 is 17.2 Å². The van der Waals surface area contributed by atoms with Crippen LogP contribution in [0.1, 0.15) is 29.5 Å². The Hall–Kier alpha value is -3.88. The predicted molar refractivity (Wildman–Crippen MR) is 127 cm³/mol. The van der Waals surface area contributed by atoms with Crippen molar-refractivity contribution in [3.05, 3.63) is 77.5 Å². The molecule has 0 bridgehead atoms. The fourth-order valence-corrected chi connectivity index (χ4v) is 4.67. The standard InChI is InChI=1S/C28H22N2O3/c29-17-20-15-19(7-8-26(20)32-21-10-13-31-14-11-21)23-9-12-30-25-16-27(33-28(23)25)24-6-2-4-18-3-1-5-22(18)24/h1-2,4-9,12,15-16,21H,3,10-11,13-14H2. The van der Waals surface area contributed by atoms with Gasteiger partial charge >= 0.3 is 0 Å². The Morgan fingerprint density at radius 3 is 2.82 bits per heavy atom. The fourth-order valence-electron chi connectivity index (χ4n) is 4.67. The highest BCUT2D eigenvalue weighted by molar-refractivity contribution is 5.93. The lowest BCUT2D eigenvalue weighted by molar-refractivity contribution is 0.0254. The van der Waals surface area contributed by atoms with Crippen LogP contribution in [0.15, 0.2) is 65.2 Å². The number of fused-ring (bicyclic) bond motifs is 2. The van der Waals surface area contributed by atoms with Crippen molar-refractivity contribution in [2.75, 3.05) is 13.2 Å². The molecule has 1 fully saturated rings. The van der Waals surface area contributed by atoms with Crippen LogP contribution in [0.5, 0.6) is 5.75 Å². The van der Waals surface area contributed by atoms with Crippen molar-refractivity contribution in [1.29, 1.82) is 5.26 Å². The molecule has 2 aromatic carbocycles.